The van der Waals surface area contributed by atoms with Crippen LogP contribution in [-0.4, -0.2) is 24.9 Å². The number of aromatic hydroxyl groups is 1. The minimum absolute atomic E-state index is 0.330. The number of rotatable bonds is 14. The highest BCUT2D eigenvalue weighted by Gasteiger charge is 1.95. The predicted octanol–water partition coefficient (Wildman–Crippen LogP) is 4.64. The van der Waals surface area contributed by atoms with Crippen LogP contribution in [0.3, 0.4) is 0 Å². The number of nitrogens with one attached hydrogen (secondary N) is 1. The van der Waals surface area contributed by atoms with Gasteiger partial charge in [-0.1, -0.05) is 51.2 Å². The third kappa shape index (κ3) is 10.6. The van der Waals surface area contributed by atoms with Gasteiger partial charge in [0.15, 0.2) is 0 Å². The van der Waals surface area contributed by atoms with Crippen molar-refractivity contribution in [2.24, 2.45) is 0 Å². The molecule has 3 heteroatoms. The van der Waals surface area contributed by atoms with Gasteiger partial charge in [0.2, 0.25) is 0 Å². The largest absolute Gasteiger partial charge is 0.508 e. The highest BCUT2D eigenvalue weighted by Crippen LogP contribution is 2.09. The average molecular weight is 307 g/mol. The van der Waals surface area contributed by atoms with Gasteiger partial charge in [0.05, 0.1) is 0 Å². The number of phenols is 1. The molecule has 0 aliphatic rings. The molecule has 0 aliphatic heterocycles. The van der Waals surface area contributed by atoms with E-state index in [4.69, 9.17) is 4.74 Å². The summed E-state index contributed by atoms with van der Waals surface area (Å²) in [6.07, 6.45) is 10.1. The normalized spacial score (nSPS) is 11.0. The molecule has 0 unspecified atom stereocenters. The van der Waals surface area contributed by atoms with E-state index in [1.54, 1.807) is 12.1 Å². The summed E-state index contributed by atoms with van der Waals surface area (Å²) < 4.78 is 5.64. The van der Waals surface area contributed by atoms with Gasteiger partial charge in [-0.3, -0.25) is 0 Å². The maximum atomic E-state index is 9.21. The van der Waals surface area contributed by atoms with Crippen LogP contribution in [0.2, 0.25) is 0 Å². The van der Waals surface area contributed by atoms with Crippen molar-refractivity contribution in [3.63, 3.8) is 0 Å². The lowest BCUT2D eigenvalue weighted by Gasteiger charge is -2.06. The fraction of sp³-hybridized carbons (Fsp3) is 0.684. The predicted molar refractivity (Wildman–Crippen MR) is 93.2 cm³/mol. The van der Waals surface area contributed by atoms with Crippen LogP contribution in [-0.2, 0) is 11.3 Å². The van der Waals surface area contributed by atoms with E-state index in [0.29, 0.717) is 5.75 Å². The van der Waals surface area contributed by atoms with Crippen molar-refractivity contribution in [2.75, 3.05) is 19.8 Å². The molecule has 0 bridgehead atoms. The fourth-order valence-electron chi connectivity index (χ4n) is 2.39. The highest BCUT2D eigenvalue weighted by atomic mass is 16.5. The van der Waals surface area contributed by atoms with Crippen LogP contribution in [0.5, 0.6) is 5.75 Å². The van der Waals surface area contributed by atoms with Gasteiger partial charge >= 0.3 is 0 Å². The number of hydrogen-bond donors (Lipinski definition) is 2. The van der Waals surface area contributed by atoms with Gasteiger partial charge < -0.3 is 15.2 Å². The lowest BCUT2D eigenvalue weighted by Crippen LogP contribution is -2.14. The average Bonchev–Trinajstić information content (AvgIpc) is 2.53. The first-order valence-electron chi connectivity index (χ1n) is 8.89. The van der Waals surface area contributed by atoms with Gasteiger partial charge in [0, 0.05) is 19.8 Å². The van der Waals surface area contributed by atoms with Crippen molar-refractivity contribution in [1.29, 1.82) is 0 Å². The van der Waals surface area contributed by atoms with Crippen LogP contribution >= 0.6 is 0 Å². The number of benzene rings is 1. The molecule has 0 amide bonds. The Hall–Kier alpha value is -1.06. The molecule has 1 aromatic carbocycles. The maximum Gasteiger partial charge on any atom is 0.115 e. The van der Waals surface area contributed by atoms with Crippen molar-refractivity contribution in [3.05, 3.63) is 29.8 Å². The third-order valence-corrected chi connectivity index (χ3v) is 3.80. The second-order valence-corrected chi connectivity index (χ2v) is 5.93. The summed E-state index contributed by atoms with van der Waals surface area (Å²) in [5.74, 6) is 0.330. The first-order chi connectivity index (χ1) is 10.8. The van der Waals surface area contributed by atoms with E-state index in [0.717, 1.165) is 26.3 Å². The Balaban J connectivity index is 1.79. The summed E-state index contributed by atoms with van der Waals surface area (Å²) in [6, 6.07) is 7.39. The Kier molecular flexibility index (Phi) is 11.7. The number of phenolic OH excluding ortho intramolecular Hbond substituents is 1. The van der Waals surface area contributed by atoms with E-state index in [9.17, 15) is 5.11 Å². The van der Waals surface area contributed by atoms with Crippen LogP contribution in [0, 0.1) is 0 Å². The summed E-state index contributed by atoms with van der Waals surface area (Å²) in [7, 11) is 0. The zero-order valence-corrected chi connectivity index (χ0v) is 14.2. The lowest BCUT2D eigenvalue weighted by atomic mass is 10.2. The van der Waals surface area contributed by atoms with Gasteiger partial charge in [-0.2, -0.15) is 0 Å². The second-order valence-electron chi connectivity index (χ2n) is 5.93. The van der Waals surface area contributed by atoms with Crippen molar-refractivity contribution in [2.45, 2.75) is 64.8 Å². The standard InChI is InChI=1S/C19H33NO2/c1-2-3-4-8-15-22-16-9-6-5-7-14-20-17-18-10-12-19(21)13-11-18/h10-13,20-21H,2-9,14-17H2,1H3. The molecule has 3 nitrogen and oxygen atoms in total. The van der Waals surface area contributed by atoms with Gasteiger partial charge in [-0.25, -0.2) is 0 Å². The fourth-order valence-corrected chi connectivity index (χ4v) is 2.39. The Labute approximate surface area is 136 Å². The molecule has 1 rings (SSSR count). The third-order valence-electron chi connectivity index (χ3n) is 3.80. The molecule has 0 radical (unpaired) electrons. The van der Waals surface area contributed by atoms with Crippen LogP contribution in [0.15, 0.2) is 24.3 Å². The zero-order valence-electron chi connectivity index (χ0n) is 14.2. The minimum atomic E-state index is 0.330. The zero-order chi connectivity index (χ0) is 15.9. The van der Waals surface area contributed by atoms with Crippen molar-refractivity contribution in [3.8, 4) is 5.75 Å². The quantitative estimate of drug-likeness (QED) is 0.492. The minimum Gasteiger partial charge on any atom is -0.508 e. The van der Waals surface area contributed by atoms with Crippen LogP contribution in [0.1, 0.15) is 63.9 Å². The SMILES string of the molecule is CCCCCCOCCCCCCNCc1ccc(O)cc1. The summed E-state index contributed by atoms with van der Waals surface area (Å²) in [5.41, 5.74) is 1.22. The maximum absolute atomic E-state index is 9.21. The molecule has 0 aliphatic carbocycles. The first kappa shape index (κ1) is 19.0. The van der Waals surface area contributed by atoms with Crippen molar-refractivity contribution < 1.29 is 9.84 Å². The Morgan fingerprint density at radius 1 is 0.864 bits per heavy atom. The van der Waals surface area contributed by atoms with E-state index >= 15 is 0 Å². The summed E-state index contributed by atoms with van der Waals surface area (Å²) in [6.45, 7) is 6.03. The smallest absolute Gasteiger partial charge is 0.115 e. The first-order valence-corrected chi connectivity index (χ1v) is 8.89. The summed E-state index contributed by atoms with van der Waals surface area (Å²) in [4.78, 5) is 0. The number of hydrogen-bond acceptors (Lipinski definition) is 3. The summed E-state index contributed by atoms with van der Waals surface area (Å²) in [5, 5.41) is 12.6. The molecule has 1 aromatic rings. The molecule has 0 fully saturated rings. The lowest BCUT2D eigenvalue weighted by molar-refractivity contribution is 0.126. The van der Waals surface area contributed by atoms with Crippen LogP contribution < -0.4 is 5.32 Å². The molecule has 22 heavy (non-hydrogen) atoms. The molecule has 0 spiro atoms. The van der Waals surface area contributed by atoms with Gasteiger partial charge in [-0.05, 0) is 43.5 Å². The molecular weight excluding hydrogens is 274 g/mol. The van der Waals surface area contributed by atoms with Gasteiger partial charge in [0.1, 0.15) is 5.75 Å². The molecular formula is C19H33NO2. The molecule has 126 valence electrons. The van der Waals surface area contributed by atoms with Crippen molar-refractivity contribution in [1.82, 2.24) is 5.32 Å². The van der Waals surface area contributed by atoms with Gasteiger partial charge in [0.25, 0.3) is 0 Å². The highest BCUT2D eigenvalue weighted by molar-refractivity contribution is 5.25. The van der Waals surface area contributed by atoms with Crippen LogP contribution in [0.4, 0.5) is 0 Å². The molecule has 0 atom stereocenters. The number of ether oxygens (including phenoxy) is 1. The molecule has 0 saturated heterocycles. The molecule has 0 heterocycles. The van der Waals surface area contributed by atoms with E-state index in [1.165, 1.54) is 56.9 Å². The van der Waals surface area contributed by atoms with E-state index in [1.807, 2.05) is 12.1 Å². The monoisotopic (exact) mass is 307 g/mol. The Morgan fingerprint density at radius 2 is 1.50 bits per heavy atom. The summed E-state index contributed by atoms with van der Waals surface area (Å²) >= 11 is 0. The van der Waals surface area contributed by atoms with Gasteiger partial charge in [-0.15, -0.1) is 0 Å². The Bertz CT molecular complexity index is 351. The molecule has 0 saturated carbocycles. The van der Waals surface area contributed by atoms with E-state index in [-0.39, 0.29) is 0 Å². The van der Waals surface area contributed by atoms with E-state index < -0.39 is 0 Å². The van der Waals surface area contributed by atoms with Crippen LogP contribution in [0.25, 0.3) is 0 Å². The van der Waals surface area contributed by atoms with E-state index in [2.05, 4.69) is 12.2 Å². The topological polar surface area (TPSA) is 41.5 Å². The second kappa shape index (κ2) is 13.6. The Morgan fingerprint density at radius 3 is 2.18 bits per heavy atom. The van der Waals surface area contributed by atoms with Crippen molar-refractivity contribution >= 4 is 0 Å². The molecule has 2 N–H and O–H groups in total. The number of unbranched alkanes of at least 4 members (excludes halogenated alkanes) is 6. The molecule has 0 aromatic heterocycles.